The number of rotatable bonds is 6. The highest BCUT2D eigenvalue weighted by atomic mass is 32.2. The number of thioether (sulfide) groups is 1. The van der Waals surface area contributed by atoms with E-state index in [0.29, 0.717) is 6.54 Å². The van der Waals surface area contributed by atoms with Gasteiger partial charge in [0.2, 0.25) is 5.91 Å². The first kappa shape index (κ1) is 19.4. The van der Waals surface area contributed by atoms with Gasteiger partial charge in [0.05, 0.1) is 16.7 Å². The third-order valence-electron chi connectivity index (χ3n) is 4.88. The van der Waals surface area contributed by atoms with E-state index in [1.54, 1.807) is 17.7 Å². The van der Waals surface area contributed by atoms with Gasteiger partial charge in [0.25, 0.3) is 0 Å². The number of fused-ring (bicyclic) bond motifs is 1. The Labute approximate surface area is 172 Å². The van der Waals surface area contributed by atoms with Crippen LogP contribution in [0.5, 0.6) is 0 Å². The number of ether oxygens (including phenoxy) is 1. The summed E-state index contributed by atoms with van der Waals surface area (Å²) in [5.41, 5.74) is 3.49. The highest BCUT2D eigenvalue weighted by Gasteiger charge is 2.22. The van der Waals surface area contributed by atoms with Gasteiger partial charge in [-0.1, -0.05) is 41.6 Å². The molecule has 1 amide bonds. The van der Waals surface area contributed by atoms with Crippen LogP contribution in [0.4, 0.5) is 0 Å². The van der Waals surface area contributed by atoms with Crippen molar-refractivity contribution in [2.45, 2.75) is 43.1 Å². The van der Waals surface area contributed by atoms with Gasteiger partial charge in [-0.25, -0.2) is 9.97 Å². The minimum atomic E-state index is -0.245. The van der Waals surface area contributed by atoms with E-state index in [1.807, 2.05) is 6.92 Å². The summed E-state index contributed by atoms with van der Waals surface area (Å²) in [7, 11) is 0. The molecule has 4 rings (SSSR count). The van der Waals surface area contributed by atoms with Crippen molar-refractivity contribution in [1.29, 1.82) is 0 Å². The topological polar surface area (TPSA) is 64.1 Å². The van der Waals surface area contributed by atoms with Crippen molar-refractivity contribution in [2.75, 3.05) is 13.2 Å². The average Bonchev–Trinajstić information content (AvgIpc) is 3.37. The second kappa shape index (κ2) is 8.59. The number of carbonyl (C=O) groups is 1. The molecule has 1 saturated heterocycles. The highest BCUT2D eigenvalue weighted by molar-refractivity contribution is 8.00. The molecule has 0 bridgehead atoms. The lowest BCUT2D eigenvalue weighted by atomic mass is 10.1. The quantitative estimate of drug-likeness (QED) is 0.478. The second-order valence-electron chi connectivity index (χ2n) is 7.01. The van der Waals surface area contributed by atoms with E-state index in [-0.39, 0.29) is 17.3 Å². The van der Waals surface area contributed by atoms with E-state index in [2.05, 4.69) is 51.9 Å². The molecule has 0 radical (unpaired) electrons. The molecule has 0 saturated carbocycles. The van der Waals surface area contributed by atoms with Crippen molar-refractivity contribution in [3.05, 3.63) is 41.5 Å². The fourth-order valence-corrected chi connectivity index (χ4v) is 5.21. The van der Waals surface area contributed by atoms with Crippen LogP contribution in [0.3, 0.4) is 0 Å². The monoisotopic (exact) mass is 413 g/mol. The molecule has 7 heteroatoms. The number of amides is 1. The first-order valence-electron chi connectivity index (χ1n) is 9.47. The third-order valence-corrected chi connectivity index (χ3v) is 6.87. The van der Waals surface area contributed by atoms with Crippen LogP contribution in [0.15, 0.2) is 41.0 Å². The van der Waals surface area contributed by atoms with Gasteiger partial charge in [-0.2, -0.15) is 0 Å². The molecule has 5 nitrogen and oxygen atoms in total. The number of hydrogen-bond donors (Lipinski definition) is 1. The third kappa shape index (κ3) is 4.21. The molecule has 0 unspecified atom stereocenters. The number of hydrogen-bond acceptors (Lipinski definition) is 6. The summed E-state index contributed by atoms with van der Waals surface area (Å²) in [6.07, 6.45) is 3.82. The van der Waals surface area contributed by atoms with Crippen LogP contribution in [-0.2, 0) is 9.53 Å². The van der Waals surface area contributed by atoms with Crippen molar-refractivity contribution in [3.8, 4) is 11.1 Å². The number of carbonyl (C=O) groups excluding carboxylic acids is 1. The Hall–Kier alpha value is -1.96. The Morgan fingerprint density at radius 1 is 1.36 bits per heavy atom. The first-order valence-corrected chi connectivity index (χ1v) is 11.2. The minimum absolute atomic E-state index is 0.0133. The van der Waals surface area contributed by atoms with Gasteiger partial charge in [0.1, 0.15) is 16.2 Å². The van der Waals surface area contributed by atoms with Crippen LogP contribution >= 0.6 is 23.1 Å². The second-order valence-corrected chi connectivity index (χ2v) is 9.20. The van der Waals surface area contributed by atoms with Gasteiger partial charge in [-0.3, -0.25) is 4.79 Å². The van der Waals surface area contributed by atoms with Crippen LogP contribution in [0.1, 0.15) is 25.3 Å². The largest absolute Gasteiger partial charge is 0.376 e. The molecule has 0 spiro atoms. The molecule has 1 aliphatic heterocycles. The zero-order valence-electron chi connectivity index (χ0n) is 16.0. The molecule has 2 atom stereocenters. The van der Waals surface area contributed by atoms with Crippen LogP contribution in [0.2, 0.25) is 0 Å². The Morgan fingerprint density at radius 2 is 2.18 bits per heavy atom. The van der Waals surface area contributed by atoms with Gasteiger partial charge < -0.3 is 10.1 Å². The Bertz CT molecular complexity index is 965. The van der Waals surface area contributed by atoms with Gasteiger partial charge in [0, 0.05) is 24.1 Å². The van der Waals surface area contributed by atoms with Crippen molar-refractivity contribution in [1.82, 2.24) is 15.3 Å². The zero-order chi connectivity index (χ0) is 19.5. The van der Waals surface area contributed by atoms with Crippen LogP contribution in [-0.4, -0.2) is 40.4 Å². The number of thiophene rings is 1. The maximum Gasteiger partial charge on any atom is 0.233 e. The summed E-state index contributed by atoms with van der Waals surface area (Å²) in [6.45, 7) is 5.37. The SMILES string of the molecule is Cc1ccc(-c2csc3ncnc(S[C@@H](C)C(=O)NC[C@@H]4CCCO4)c23)cc1. The average molecular weight is 414 g/mol. The van der Waals surface area contributed by atoms with Crippen LogP contribution in [0.25, 0.3) is 21.3 Å². The molecule has 3 heterocycles. The molecule has 1 aliphatic rings. The van der Waals surface area contributed by atoms with Gasteiger partial charge in [-0.05, 0) is 32.3 Å². The molecular weight excluding hydrogens is 390 g/mol. The summed E-state index contributed by atoms with van der Waals surface area (Å²) in [4.78, 5) is 22.4. The Balaban J connectivity index is 1.53. The lowest BCUT2D eigenvalue weighted by molar-refractivity contribution is -0.120. The van der Waals surface area contributed by atoms with Crippen molar-refractivity contribution < 1.29 is 9.53 Å². The summed E-state index contributed by atoms with van der Waals surface area (Å²) in [6, 6.07) is 8.46. The first-order chi connectivity index (χ1) is 13.6. The maximum absolute atomic E-state index is 12.5. The summed E-state index contributed by atoms with van der Waals surface area (Å²) in [5.74, 6) is 0.0133. The van der Waals surface area contributed by atoms with Gasteiger partial charge in [-0.15, -0.1) is 11.3 Å². The van der Waals surface area contributed by atoms with E-state index in [9.17, 15) is 4.79 Å². The fraction of sp³-hybridized carbons (Fsp3) is 0.381. The van der Waals surface area contributed by atoms with Crippen LogP contribution < -0.4 is 5.32 Å². The summed E-state index contributed by atoms with van der Waals surface area (Å²) < 4.78 is 5.58. The Morgan fingerprint density at radius 3 is 2.93 bits per heavy atom. The van der Waals surface area contributed by atoms with Crippen LogP contribution in [0, 0.1) is 6.92 Å². The number of aromatic nitrogens is 2. The Kier molecular flexibility index (Phi) is 5.94. The molecule has 1 aromatic carbocycles. The summed E-state index contributed by atoms with van der Waals surface area (Å²) >= 11 is 3.09. The molecule has 28 heavy (non-hydrogen) atoms. The predicted octanol–water partition coefficient (Wildman–Crippen LogP) is 4.44. The number of aryl methyl sites for hydroxylation is 1. The van der Waals surface area contributed by atoms with Crippen molar-refractivity contribution in [3.63, 3.8) is 0 Å². The van der Waals surface area contributed by atoms with E-state index >= 15 is 0 Å². The van der Waals surface area contributed by atoms with E-state index in [1.165, 1.54) is 17.3 Å². The number of nitrogens with zero attached hydrogens (tertiary/aromatic N) is 2. The maximum atomic E-state index is 12.5. The predicted molar refractivity (Wildman–Crippen MR) is 115 cm³/mol. The minimum Gasteiger partial charge on any atom is -0.376 e. The highest BCUT2D eigenvalue weighted by Crippen LogP contribution is 2.39. The van der Waals surface area contributed by atoms with E-state index < -0.39 is 0 Å². The van der Waals surface area contributed by atoms with Crippen molar-refractivity contribution in [2.24, 2.45) is 0 Å². The lowest BCUT2D eigenvalue weighted by Crippen LogP contribution is -2.36. The standard InChI is InChI=1S/C21H23N3O2S2/c1-13-5-7-15(8-6-13)17-11-27-20-18(17)21(24-12-23-20)28-14(2)19(25)22-10-16-4-3-9-26-16/h5-8,11-12,14,16H,3-4,9-10H2,1-2H3,(H,22,25)/t14-,16-/m0/s1. The van der Waals surface area contributed by atoms with E-state index in [0.717, 1.165) is 45.8 Å². The van der Waals surface area contributed by atoms with Gasteiger partial charge >= 0.3 is 0 Å². The number of nitrogens with one attached hydrogen (secondary N) is 1. The molecule has 3 aromatic rings. The lowest BCUT2D eigenvalue weighted by Gasteiger charge is -2.15. The molecule has 146 valence electrons. The molecule has 1 fully saturated rings. The van der Waals surface area contributed by atoms with E-state index in [4.69, 9.17) is 4.74 Å². The smallest absolute Gasteiger partial charge is 0.233 e. The zero-order valence-corrected chi connectivity index (χ0v) is 17.6. The molecule has 1 N–H and O–H groups in total. The molecule has 2 aromatic heterocycles. The number of benzene rings is 1. The van der Waals surface area contributed by atoms with Crippen molar-refractivity contribution >= 4 is 39.2 Å². The normalized spacial score (nSPS) is 17.7. The summed E-state index contributed by atoms with van der Waals surface area (Å²) in [5, 5.41) is 6.77. The fourth-order valence-electron chi connectivity index (χ4n) is 3.27. The molecular formula is C21H23N3O2S2. The molecule has 0 aliphatic carbocycles. The van der Waals surface area contributed by atoms with Gasteiger partial charge in [0.15, 0.2) is 0 Å².